The number of hydrogen-bond acceptors (Lipinski definition) is 3. The summed E-state index contributed by atoms with van der Waals surface area (Å²) < 4.78 is 0. The van der Waals surface area contributed by atoms with E-state index >= 15 is 0 Å². The maximum atomic E-state index is 12.1. The molecule has 0 aromatic rings. The summed E-state index contributed by atoms with van der Waals surface area (Å²) in [5.74, 6) is 1.34. The van der Waals surface area contributed by atoms with Crippen LogP contribution in [0.1, 0.15) is 59.3 Å². The summed E-state index contributed by atoms with van der Waals surface area (Å²) in [7, 11) is 0. The summed E-state index contributed by atoms with van der Waals surface area (Å²) in [5.41, 5.74) is 2.16. The molecule has 0 aromatic heterocycles. The Bertz CT molecular complexity index is 633. The van der Waals surface area contributed by atoms with E-state index in [4.69, 9.17) is 0 Å². The standard InChI is InChI=1S/C21H30O3/c1-12(22)16-6-7-17-15-5-4-13-10-14(23)8-9-20(13,2)19(15)18(24)11-21(16,17)3/h4,6,14-15,17-19,23-24H,5,7-11H2,1-3H3/t14?,15-,17-,18?,19+,20-,21+/m0/s1. The van der Waals surface area contributed by atoms with Crippen LogP contribution in [-0.4, -0.2) is 28.2 Å². The van der Waals surface area contributed by atoms with Crippen LogP contribution in [0.25, 0.3) is 0 Å². The van der Waals surface area contributed by atoms with E-state index in [1.807, 2.05) is 0 Å². The molecule has 3 nitrogen and oxygen atoms in total. The lowest BCUT2D eigenvalue weighted by Gasteiger charge is -2.59. The van der Waals surface area contributed by atoms with Crippen LogP contribution in [0.3, 0.4) is 0 Å². The molecule has 0 heterocycles. The van der Waals surface area contributed by atoms with Gasteiger partial charge in [-0.2, -0.15) is 0 Å². The average Bonchev–Trinajstić information content (AvgIpc) is 2.84. The molecule has 24 heavy (non-hydrogen) atoms. The zero-order chi connectivity index (χ0) is 17.3. The Labute approximate surface area is 144 Å². The van der Waals surface area contributed by atoms with Gasteiger partial charge in [0, 0.05) is 5.41 Å². The van der Waals surface area contributed by atoms with E-state index < -0.39 is 0 Å². The molecule has 0 radical (unpaired) electrons. The Balaban J connectivity index is 1.72. The van der Waals surface area contributed by atoms with Crippen LogP contribution in [-0.2, 0) is 4.79 Å². The lowest BCUT2D eigenvalue weighted by Crippen LogP contribution is -2.56. The summed E-state index contributed by atoms with van der Waals surface area (Å²) in [6, 6.07) is 0. The van der Waals surface area contributed by atoms with Gasteiger partial charge in [-0.25, -0.2) is 0 Å². The molecule has 0 bridgehead atoms. The molecule has 2 saturated carbocycles. The Morgan fingerprint density at radius 1 is 1.17 bits per heavy atom. The summed E-state index contributed by atoms with van der Waals surface area (Å²) in [4.78, 5) is 12.1. The lowest BCUT2D eigenvalue weighted by atomic mass is 9.46. The topological polar surface area (TPSA) is 57.5 Å². The number of allylic oxidation sites excluding steroid dienone is 3. The maximum absolute atomic E-state index is 12.1. The van der Waals surface area contributed by atoms with Gasteiger partial charge in [-0.1, -0.05) is 31.6 Å². The fourth-order valence-electron chi connectivity index (χ4n) is 6.89. The second kappa shape index (κ2) is 5.28. The molecule has 3 heteroatoms. The molecule has 0 aliphatic heterocycles. The molecule has 0 saturated heterocycles. The number of rotatable bonds is 1. The minimum Gasteiger partial charge on any atom is -0.393 e. The van der Waals surface area contributed by atoms with E-state index in [2.05, 4.69) is 26.0 Å². The van der Waals surface area contributed by atoms with Gasteiger partial charge in [-0.05, 0) is 74.2 Å². The predicted molar refractivity (Wildman–Crippen MR) is 93.2 cm³/mol. The van der Waals surface area contributed by atoms with Crippen molar-refractivity contribution in [2.45, 2.75) is 71.5 Å². The molecule has 2 unspecified atom stereocenters. The Hall–Kier alpha value is -0.930. The number of ketones is 1. The van der Waals surface area contributed by atoms with Crippen molar-refractivity contribution in [2.75, 3.05) is 0 Å². The summed E-state index contributed by atoms with van der Waals surface area (Å²) >= 11 is 0. The van der Waals surface area contributed by atoms with Crippen molar-refractivity contribution in [3.63, 3.8) is 0 Å². The highest BCUT2D eigenvalue weighted by atomic mass is 16.3. The van der Waals surface area contributed by atoms with Crippen molar-refractivity contribution < 1.29 is 15.0 Å². The third kappa shape index (κ3) is 2.07. The van der Waals surface area contributed by atoms with Crippen molar-refractivity contribution in [3.8, 4) is 0 Å². The van der Waals surface area contributed by atoms with E-state index in [0.717, 1.165) is 37.7 Å². The Kier molecular flexibility index (Phi) is 3.64. The minimum absolute atomic E-state index is 0.0157. The van der Waals surface area contributed by atoms with Gasteiger partial charge in [0.05, 0.1) is 12.2 Å². The van der Waals surface area contributed by atoms with Crippen molar-refractivity contribution in [2.24, 2.45) is 28.6 Å². The van der Waals surface area contributed by atoms with E-state index in [9.17, 15) is 15.0 Å². The number of carbonyl (C=O) groups is 1. The first-order chi connectivity index (χ1) is 11.3. The summed E-state index contributed by atoms with van der Waals surface area (Å²) in [5, 5.41) is 21.2. The number of aliphatic hydroxyl groups is 2. The van der Waals surface area contributed by atoms with Crippen LogP contribution in [0.4, 0.5) is 0 Å². The molecule has 0 amide bonds. The molecule has 4 aliphatic carbocycles. The smallest absolute Gasteiger partial charge is 0.156 e. The van der Waals surface area contributed by atoms with Crippen LogP contribution in [0.15, 0.2) is 23.3 Å². The Morgan fingerprint density at radius 3 is 2.62 bits per heavy atom. The highest BCUT2D eigenvalue weighted by molar-refractivity contribution is 5.95. The van der Waals surface area contributed by atoms with Gasteiger partial charge < -0.3 is 10.2 Å². The Morgan fingerprint density at radius 2 is 1.92 bits per heavy atom. The first kappa shape index (κ1) is 16.5. The average molecular weight is 330 g/mol. The molecule has 0 spiro atoms. The molecular weight excluding hydrogens is 300 g/mol. The summed E-state index contributed by atoms with van der Waals surface area (Å²) in [6.07, 6.45) is 9.16. The normalized spacial score (nSPS) is 50.3. The van der Waals surface area contributed by atoms with E-state index in [1.54, 1.807) is 6.92 Å². The van der Waals surface area contributed by atoms with Crippen molar-refractivity contribution in [1.82, 2.24) is 0 Å². The number of hydrogen-bond donors (Lipinski definition) is 2. The van der Waals surface area contributed by atoms with Crippen LogP contribution in [0.2, 0.25) is 0 Å². The van der Waals surface area contributed by atoms with E-state index in [1.165, 1.54) is 5.57 Å². The highest BCUT2D eigenvalue weighted by Gasteiger charge is 2.60. The number of aliphatic hydroxyl groups excluding tert-OH is 2. The maximum Gasteiger partial charge on any atom is 0.156 e. The van der Waals surface area contributed by atoms with Gasteiger partial charge in [0.2, 0.25) is 0 Å². The lowest BCUT2D eigenvalue weighted by molar-refractivity contribution is -0.122. The molecule has 2 fully saturated rings. The van der Waals surface area contributed by atoms with Gasteiger partial charge in [-0.15, -0.1) is 0 Å². The van der Waals surface area contributed by atoms with Crippen LogP contribution in [0.5, 0.6) is 0 Å². The van der Waals surface area contributed by atoms with Gasteiger partial charge in [0.25, 0.3) is 0 Å². The zero-order valence-corrected chi connectivity index (χ0v) is 15.1. The summed E-state index contributed by atoms with van der Waals surface area (Å²) in [6.45, 7) is 6.17. The van der Waals surface area contributed by atoms with Crippen molar-refractivity contribution >= 4 is 5.78 Å². The third-order valence-electron chi connectivity index (χ3n) is 7.97. The largest absolute Gasteiger partial charge is 0.393 e. The molecule has 2 N–H and O–H groups in total. The predicted octanol–water partition coefficient (Wildman–Crippen LogP) is 3.41. The quantitative estimate of drug-likeness (QED) is 0.725. The SMILES string of the molecule is CC(=O)C1=CC[C@H]2[C@@H]3CC=C4CC(O)CC[C@]4(C)[C@H]3C(O)C[C@]12C. The van der Waals surface area contributed by atoms with E-state index in [-0.39, 0.29) is 34.7 Å². The van der Waals surface area contributed by atoms with Crippen LogP contribution < -0.4 is 0 Å². The molecular formula is C21H30O3. The van der Waals surface area contributed by atoms with Crippen LogP contribution >= 0.6 is 0 Å². The number of Topliss-reactive ketones (excluding diaryl/α,β-unsaturated/α-hetero) is 1. The van der Waals surface area contributed by atoms with Crippen LogP contribution in [0, 0.1) is 28.6 Å². The third-order valence-corrected chi connectivity index (χ3v) is 7.97. The second-order valence-corrected chi connectivity index (χ2v) is 9.17. The van der Waals surface area contributed by atoms with Crippen molar-refractivity contribution in [1.29, 1.82) is 0 Å². The minimum atomic E-state index is -0.360. The van der Waals surface area contributed by atoms with Gasteiger partial charge in [0.15, 0.2) is 5.78 Å². The fraction of sp³-hybridized carbons (Fsp3) is 0.762. The number of carbonyl (C=O) groups excluding carboxylic acids is 1. The van der Waals surface area contributed by atoms with Gasteiger partial charge in [0.1, 0.15) is 0 Å². The molecule has 0 aromatic carbocycles. The fourth-order valence-corrected chi connectivity index (χ4v) is 6.89. The zero-order valence-electron chi connectivity index (χ0n) is 15.1. The van der Waals surface area contributed by atoms with Gasteiger partial charge in [-0.3, -0.25) is 4.79 Å². The number of fused-ring (bicyclic) bond motifs is 5. The second-order valence-electron chi connectivity index (χ2n) is 9.17. The first-order valence-electron chi connectivity index (χ1n) is 9.54. The highest BCUT2D eigenvalue weighted by Crippen LogP contribution is 2.64. The monoisotopic (exact) mass is 330 g/mol. The molecule has 132 valence electrons. The molecule has 7 atom stereocenters. The first-order valence-corrected chi connectivity index (χ1v) is 9.54. The van der Waals surface area contributed by atoms with Gasteiger partial charge >= 0.3 is 0 Å². The molecule has 4 aliphatic rings. The molecule has 4 rings (SSSR count). The van der Waals surface area contributed by atoms with Crippen molar-refractivity contribution in [3.05, 3.63) is 23.3 Å². The van der Waals surface area contributed by atoms with E-state index in [0.29, 0.717) is 18.3 Å².